The van der Waals surface area contributed by atoms with E-state index in [9.17, 15) is 44.0 Å². The molecule has 62 heavy (non-hydrogen) atoms. The van der Waals surface area contributed by atoms with Crippen LogP contribution in [0.3, 0.4) is 0 Å². The zero-order valence-electron chi connectivity index (χ0n) is 35.2. The average Bonchev–Trinajstić information content (AvgIpc) is 3.18. The first-order valence-electron chi connectivity index (χ1n) is 19.3. The smallest absolute Gasteiger partial charge is 0.298 e. The second-order valence-electron chi connectivity index (χ2n) is 15.5. The van der Waals surface area contributed by atoms with Crippen molar-refractivity contribution in [1.29, 1.82) is 0 Å². The number of allylic oxidation sites excluding steroid dienone is 4. The Bertz CT molecular complexity index is 3070. The molecule has 6 rings (SSSR count). The average molecular weight is 898 g/mol. The Balaban J connectivity index is 1.51. The molecule has 15 heteroatoms. The molecule has 4 N–H and O–H groups in total. The summed E-state index contributed by atoms with van der Waals surface area (Å²) in [6, 6.07) is 23.1. The number of nitrogens with zero attached hydrogens (tertiary/aromatic N) is 1. The Kier molecular flexibility index (Phi) is 13.1. The Hall–Kier alpha value is -5.52. The van der Waals surface area contributed by atoms with Crippen LogP contribution < -0.4 is 4.74 Å². The third-order valence-electron chi connectivity index (χ3n) is 11.0. The number of rotatable bonds is 12. The van der Waals surface area contributed by atoms with Gasteiger partial charge in [0.05, 0.1) is 30.0 Å². The summed E-state index contributed by atoms with van der Waals surface area (Å²) in [7, 11) is -13.1. The predicted molar refractivity (Wildman–Crippen MR) is 240 cm³/mol. The van der Waals surface area contributed by atoms with Gasteiger partial charge in [0.25, 0.3) is 30.4 Å². The monoisotopic (exact) mass is 897 g/mol. The summed E-state index contributed by atoms with van der Waals surface area (Å²) in [6.45, 7) is 10.8. The highest BCUT2D eigenvalue weighted by Crippen LogP contribution is 2.38. The lowest BCUT2D eigenvalue weighted by Gasteiger charge is -2.20. The van der Waals surface area contributed by atoms with Crippen molar-refractivity contribution in [3.05, 3.63) is 180 Å². The largest absolute Gasteiger partial charge is 0.495 e. The van der Waals surface area contributed by atoms with E-state index in [1.807, 2.05) is 43.3 Å². The SMILES string of the molecule is COc1cc(CO)c(N=C2C=CC(=C(c3ccc(Cc4c(C)cc(C)cc4C)cc3)c3ccc(Cc4c(C)cc(C)c(S(=O)(=O)O)c4C)cc3)C(S(=O)(=O)O)=C2)cc1S(=O)(=O)O. The zero-order valence-corrected chi connectivity index (χ0v) is 37.6. The van der Waals surface area contributed by atoms with E-state index < -0.39 is 46.8 Å². The van der Waals surface area contributed by atoms with Gasteiger partial charge < -0.3 is 9.84 Å². The van der Waals surface area contributed by atoms with Gasteiger partial charge in [-0.15, -0.1) is 0 Å². The molecule has 0 spiro atoms. The first-order valence-corrected chi connectivity index (χ1v) is 23.6. The van der Waals surface area contributed by atoms with Crippen LogP contribution in [0.15, 0.2) is 122 Å². The molecule has 324 valence electrons. The number of methoxy groups -OCH3 is 1. The van der Waals surface area contributed by atoms with Crippen LogP contribution in [0.4, 0.5) is 5.69 Å². The Labute approximate surface area is 362 Å². The van der Waals surface area contributed by atoms with E-state index in [0.717, 1.165) is 34.4 Å². The lowest BCUT2D eigenvalue weighted by molar-refractivity contribution is 0.281. The first kappa shape index (κ1) is 46.0. The fourth-order valence-corrected chi connectivity index (χ4v) is 10.5. The minimum absolute atomic E-state index is 0.0236. The summed E-state index contributed by atoms with van der Waals surface area (Å²) >= 11 is 0. The van der Waals surface area contributed by atoms with Gasteiger partial charge in [-0.25, -0.2) is 4.99 Å². The molecule has 5 aromatic rings. The van der Waals surface area contributed by atoms with E-state index in [0.29, 0.717) is 40.7 Å². The third-order valence-corrected chi connectivity index (χ3v) is 13.9. The van der Waals surface area contributed by atoms with Gasteiger partial charge >= 0.3 is 0 Å². The maximum Gasteiger partial charge on any atom is 0.298 e. The van der Waals surface area contributed by atoms with E-state index in [-0.39, 0.29) is 33.2 Å². The van der Waals surface area contributed by atoms with Crippen LogP contribution in [0.25, 0.3) is 5.57 Å². The normalized spacial score (nSPS) is 14.9. The third kappa shape index (κ3) is 9.90. The topological polar surface area (TPSA) is 205 Å². The lowest BCUT2D eigenvalue weighted by Crippen LogP contribution is -2.12. The number of aliphatic hydroxyl groups excluding tert-OH is 1. The van der Waals surface area contributed by atoms with Crippen molar-refractivity contribution in [2.45, 2.75) is 70.8 Å². The molecule has 0 fully saturated rings. The molecule has 1 aliphatic rings. The number of hydrogen-bond donors (Lipinski definition) is 4. The maximum absolute atomic E-state index is 13.3. The number of benzene rings is 5. The van der Waals surface area contributed by atoms with E-state index in [4.69, 9.17) is 4.74 Å². The summed E-state index contributed by atoms with van der Waals surface area (Å²) in [5.41, 5.74) is 10.7. The molecule has 0 aromatic heterocycles. The molecule has 0 saturated carbocycles. The second-order valence-corrected chi connectivity index (χ2v) is 19.6. The molecule has 0 bridgehead atoms. The van der Waals surface area contributed by atoms with Gasteiger partial charge in [0.15, 0.2) is 0 Å². The molecule has 0 radical (unpaired) electrons. The van der Waals surface area contributed by atoms with Crippen LogP contribution in [0.1, 0.15) is 72.3 Å². The highest BCUT2D eigenvalue weighted by molar-refractivity contribution is 7.90. The van der Waals surface area contributed by atoms with Crippen molar-refractivity contribution < 1.29 is 48.8 Å². The number of aliphatic imine (C=N–C) groups is 1. The number of ether oxygens (including phenoxy) is 1. The molecular weight excluding hydrogens is 851 g/mol. The summed E-state index contributed by atoms with van der Waals surface area (Å²) in [5.74, 6) is -0.239. The van der Waals surface area contributed by atoms with Crippen LogP contribution in [0.5, 0.6) is 5.75 Å². The summed E-state index contributed by atoms with van der Waals surface area (Å²) in [4.78, 5) is 3.15. The molecule has 0 unspecified atom stereocenters. The van der Waals surface area contributed by atoms with E-state index in [2.05, 4.69) is 37.9 Å². The van der Waals surface area contributed by atoms with Gasteiger partial charge in [-0.1, -0.05) is 78.4 Å². The fourth-order valence-electron chi connectivity index (χ4n) is 8.15. The van der Waals surface area contributed by atoms with Crippen molar-refractivity contribution in [3.63, 3.8) is 0 Å². The van der Waals surface area contributed by atoms with E-state index >= 15 is 0 Å². The predicted octanol–water partition coefficient (Wildman–Crippen LogP) is 8.63. The molecule has 1 aliphatic carbocycles. The Morgan fingerprint density at radius 1 is 0.629 bits per heavy atom. The standard InChI is InChI=1S/C47H47NO11S3/c1-27-18-28(2)40(29(3)19-27)21-33-8-12-35(13-9-33)46(36-14-10-34(11-15-36)22-41-30(4)20-31(5)47(32(41)6)62(56,57)58)39-17-16-38(24-44(39)60(50,51)52)48-42-25-45(61(53,54)55)43(59-7)23-37(42)26-49/h8-20,23-25,49H,21-22,26H2,1-7H3,(H,50,51,52)(H,53,54,55)(H,56,57,58). The Morgan fingerprint density at radius 3 is 1.65 bits per heavy atom. The van der Waals surface area contributed by atoms with Crippen molar-refractivity contribution in [2.24, 2.45) is 4.99 Å². The van der Waals surface area contributed by atoms with Gasteiger partial charge in [-0.3, -0.25) is 13.7 Å². The van der Waals surface area contributed by atoms with Gasteiger partial charge in [-0.05, 0) is 145 Å². The zero-order chi connectivity index (χ0) is 45.5. The van der Waals surface area contributed by atoms with E-state index in [1.165, 1.54) is 47.6 Å². The quantitative estimate of drug-likeness (QED) is 0.0873. The summed E-state index contributed by atoms with van der Waals surface area (Å²) < 4.78 is 111. The fraction of sp³-hybridized carbons (Fsp3) is 0.213. The minimum atomic E-state index is -4.96. The minimum Gasteiger partial charge on any atom is -0.495 e. The highest BCUT2D eigenvalue weighted by atomic mass is 32.2. The lowest BCUT2D eigenvalue weighted by atomic mass is 9.88. The summed E-state index contributed by atoms with van der Waals surface area (Å²) in [6.07, 6.45) is 5.07. The number of hydrogen-bond acceptors (Lipinski definition) is 9. The van der Waals surface area contributed by atoms with Crippen LogP contribution in [0.2, 0.25) is 0 Å². The van der Waals surface area contributed by atoms with Crippen molar-refractivity contribution >= 4 is 47.3 Å². The molecular formula is C47H47NO11S3. The van der Waals surface area contributed by atoms with Crippen LogP contribution >= 0.6 is 0 Å². The van der Waals surface area contributed by atoms with Crippen LogP contribution in [-0.2, 0) is 49.8 Å². The van der Waals surface area contributed by atoms with Crippen molar-refractivity contribution in [2.75, 3.05) is 7.11 Å². The Morgan fingerprint density at radius 2 is 1.16 bits per heavy atom. The van der Waals surface area contributed by atoms with Gasteiger partial charge in [0.1, 0.15) is 15.6 Å². The molecule has 0 heterocycles. The van der Waals surface area contributed by atoms with E-state index in [1.54, 1.807) is 32.0 Å². The number of aryl methyl sites for hydroxylation is 5. The van der Waals surface area contributed by atoms with Crippen LogP contribution in [-0.4, -0.2) is 56.8 Å². The summed E-state index contributed by atoms with van der Waals surface area (Å²) in [5, 5.41) is 10.1. The van der Waals surface area contributed by atoms with Crippen molar-refractivity contribution in [3.8, 4) is 5.75 Å². The molecule has 0 atom stereocenters. The van der Waals surface area contributed by atoms with Crippen molar-refractivity contribution in [1.82, 2.24) is 0 Å². The van der Waals surface area contributed by atoms with Crippen LogP contribution in [0, 0.1) is 41.5 Å². The highest BCUT2D eigenvalue weighted by Gasteiger charge is 2.27. The maximum atomic E-state index is 13.3. The second kappa shape index (κ2) is 17.7. The van der Waals surface area contributed by atoms with Gasteiger partial charge in [-0.2, -0.15) is 25.3 Å². The molecule has 5 aromatic carbocycles. The molecule has 0 amide bonds. The van der Waals surface area contributed by atoms with Gasteiger partial charge in [0.2, 0.25) is 0 Å². The first-order chi connectivity index (χ1) is 29.0. The molecule has 0 saturated heterocycles. The molecule has 12 nitrogen and oxygen atoms in total. The molecule has 0 aliphatic heterocycles. The van der Waals surface area contributed by atoms with Gasteiger partial charge in [0, 0.05) is 11.1 Å². The number of aliphatic hydroxyl groups is 1.